The van der Waals surface area contributed by atoms with E-state index in [1.807, 2.05) is 29.2 Å². The fourth-order valence-corrected chi connectivity index (χ4v) is 3.60. The second kappa shape index (κ2) is 4.97. The van der Waals surface area contributed by atoms with Crippen LogP contribution < -0.4 is 0 Å². The summed E-state index contributed by atoms with van der Waals surface area (Å²) in [5.41, 5.74) is 1.67. The van der Waals surface area contributed by atoms with Gasteiger partial charge in [0.15, 0.2) is 0 Å². The molecule has 1 amide bonds. The Bertz CT molecular complexity index is 477. The molecule has 1 aliphatic carbocycles. The number of hydrogen-bond acceptors (Lipinski definition) is 2. The van der Waals surface area contributed by atoms with E-state index in [9.17, 15) is 9.90 Å². The van der Waals surface area contributed by atoms with Gasteiger partial charge >= 0.3 is 0 Å². The first-order valence-corrected chi connectivity index (χ1v) is 7.28. The Labute approximate surface area is 114 Å². The van der Waals surface area contributed by atoms with Gasteiger partial charge in [-0.1, -0.05) is 37.5 Å². The smallest absolute Gasteiger partial charge is 0.254 e. The number of carbonyl (C=O) groups is 1. The van der Waals surface area contributed by atoms with E-state index in [1.54, 1.807) is 0 Å². The van der Waals surface area contributed by atoms with Crippen LogP contribution in [0.4, 0.5) is 0 Å². The predicted molar refractivity (Wildman–Crippen MR) is 74.1 cm³/mol. The van der Waals surface area contributed by atoms with Crippen LogP contribution in [0.2, 0.25) is 0 Å². The molecule has 0 spiro atoms. The molecule has 1 aromatic rings. The highest BCUT2D eigenvalue weighted by Crippen LogP contribution is 2.36. The molecule has 19 heavy (non-hydrogen) atoms. The van der Waals surface area contributed by atoms with E-state index >= 15 is 0 Å². The first-order valence-electron chi connectivity index (χ1n) is 7.28. The molecule has 1 fully saturated rings. The lowest BCUT2D eigenvalue weighted by Crippen LogP contribution is -2.57. The van der Waals surface area contributed by atoms with E-state index in [1.165, 1.54) is 6.42 Å². The number of nitrogens with zero attached hydrogens (tertiary/aromatic N) is 1. The predicted octanol–water partition coefficient (Wildman–Crippen LogP) is 2.38. The quantitative estimate of drug-likeness (QED) is 0.886. The summed E-state index contributed by atoms with van der Waals surface area (Å²) in [5.74, 6) is 0.109. The highest BCUT2D eigenvalue weighted by molar-refractivity contribution is 5.97. The van der Waals surface area contributed by atoms with E-state index in [4.69, 9.17) is 0 Å². The van der Waals surface area contributed by atoms with Crippen molar-refractivity contribution in [2.45, 2.75) is 44.1 Å². The van der Waals surface area contributed by atoms with Gasteiger partial charge in [0.1, 0.15) is 0 Å². The molecule has 1 aromatic carbocycles. The van der Waals surface area contributed by atoms with Crippen LogP contribution in [0.5, 0.6) is 0 Å². The zero-order valence-corrected chi connectivity index (χ0v) is 11.3. The number of fused-ring (bicyclic) bond motifs is 1. The molecule has 0 unspecified atom stereocenters. The lowest BCUT2D eigenvalue weighted by atomic mass is 9.79. The van der Waals surface area contributed by atoms with Crippen molar-refractivity contribution in [3.63, 3.8) is 0 Å². The van der Waals surface area contributed by atoms with Gasteiger partial charge < -0.3 is 10.0 Å². The van der Waals surface area contributed by atoms with Gasteiger partial charge in [0.25, 0.3) is 5.91 Å². The third-order valence-corrected chi connectivity index (χ3v) is 4.75. The standard InChI is InChI=1S/C16H21NO2/c18-12-16(9-4-1-5-10-16)17-11-8-13-6-2-3-7-14(13)15(17)19/h2-3,6-7,18H,1,4-5,8-12H2. The molecule has 3 nitrogen and oxygen atoms in total. The van der Waals surface area contributed by atoms with E-state index < -0.39 is 0 Å². The summed E-state index contributed by atoms with van der Waals surface area (Å²) in [5, 5.41) is 9.87. The number of rotatable bonds is 2. The molecule has 1 aliphatic heterocycles. The van der Waals surface area contributed by atoms with Crippen molar-refractivity contribution in [3.8, 4) is 0 Å². The van der Waals surface area contributed by atoms with Crippen molar-refractivity contribution in [2.24, 2.45) is 0 Å². The number of carbonyl (C=O) groups excluding carboxylic acids is 1. The van der Waals surface area contributed by atoms with Crippen molar-refractivity contribution >= 4 is 5.91 Å². The summed E-state index contributed by atoms with van der Waals surface area (Å²) in [6, 6.07) is 7.87. The Morgan fingerprint density at radius 1 is 1.16 bits per heavy atom. The maximum Gasteiger partial charge on any atom is 0.254 e. The summed E-state index contributed by atoms with van der Waals surface area (Å²) in [6.45, 7) is 0.845. The van der Waals surface area contributed by atoms with Crippen LogP contribution in [0.25, 0.3) is 0 Å². The number of hydrogen-bond donors (Lipinski definition) is 1. The van der Waals surface area contributed by atoms with Gasteiger partial charge in [-0.15, -0.1) is 0 Å². The zero-order chi connectivity index (χ0) is 13.3. The lowest BCUT2D eigenvalue weighted by molar-refractivity contribution is 0.00308. The molecule has 0 aromatic heterocycles. The number of aliphatic hydroxyl groups excluding tert-OH is 1. The Morgan fingerprint density at radius 2 is 1.89 bits per heavy atom. The largest absolute Gasteiger partial charge is 0.394 e. The van der Waals surface area contributed by atoms with Gasteiger partial charge in [0, 0.05) is 12.1 Å². The minimum absolute atomic E-state index is 0.0981. The van der Waals surface area contributed by atoms with E-state index in [0.717, 1.165) is 49.8 Å². The van der Waals surface area contributed by atoms with Gasteiger partial charge in [-0.3, -0.25) is 4.79 Å². The normalized spacial score (nSPS) is 22.2. The van der Waals surface area contributed by atoms with Crippen LogP contribution in [0.15, 0.2) is 24.3 Å². The maximum absolute atomic E-state index is 12.7. The molecule has 1 N–H and O–H groups in total. The monoisotopic (exact) mass is 259 g/mol. The summed E-state index contributed by atoms with van der Waals surface area (Å²) >= 11 is 0. The molecule has 0 saturated heterocycles. The number of benzene rings is 1. The molecular weight excluding hydrogens is 238 g/mol. The van der Waals surface area contributed by atoms with Gasteiger partial charge in [0.05, 0.1) is 12.1 Å². The zero-order valence-electron chi connectivity index (χ0n) is 11.3. The van der Waals surface area contributed by atoms with Crippen LogP contribution in [0, 0.1) is 0 Å². The number of amides is 1. The average molecular weight is 259 g/mol. The van der Waals surface area contributed by atoms with E-state index in [-0.39, 0.29) is 18.1 Å². The summed E-state index contributed by atoms with van der Waals surface area (Å²) < 4.78 is 0. The van der Waals surface area contributed by atoms with Crippen LogP contribution in [-0.4, -0.2) is 34.6 Å². The van der Waals surface area contributed by atoms with Crippen LogP contribution in [-0.2, 0) is 6.42 Å². The summed E-state index contributed by atoms with van der Waals surface area (Å²) in [4.78, 5) is 14.6. The molecule has 1 heterocycles. The van der Waals surface area contributed by atoms with Gasteiger partial charge in [0.2, 0.25) is 0 Å². The highest BCUT2D eigenvalue weighted by Gasteiger charge is 2.42. The van der Waals surface area contributed by atoms with E-state index in [0.29, 0.717) is 0 Å². The van der Waals surface area contributed by atoms with E-state index in [2.05, 4.69) is 0 Å². The molecular formula is C16H21NO2. The molecule has 0 radical (unpaired) electrons. The maximum atomic E-state index is 12.7. The van der Waals surface area contributed by atoms with Crippen molar-refractivity contribution in [1.82, 2.24) is 4.90 Å². The molecule has 1 saturated carbocycles. The number of aliphatic hydroxyl groups is 1. The van der Waals surface area contributed by atoms with Crippen LogP contribution in [0.1, 0.15) is 48.0 Å². The molecule has 102 valence electrons. The highest BCUT2D eigenvalue weighted by atomic mass is 16.3. The van der Waals surface area contributed by atoms with Gasteiger partial charge in [-0.25, -0.2) is 0 Å². The molecule has 3 rings (SSSR count). The molecule has 2 aliphatic rings. The third-order valence-electron chi connectivity index (χ3n) is 4.75. The Morgan fingerprint density at radius 3 is 2.63 bits per heavy atom. The topological polar surface area (TPSA) is 40.5 Å². The van der Waals surface area contributed by atoms with Gasteiger partial charge in [-0.05, 0) is 30.9 Å². The average Bonchev–Trinajstić information content (AvgIpc) is 2.48. The fourth-order valence-electron chi connectivity index (χ4n) is 3.60. The summed E-state index contributed by atoms with van der Waals surface area (Å²) in [7, 11) is 0. The van der Waals surface area contributed by atoms with Crippen molar-refractivity contribution in [2.75, 3.05) is 13.2 Å². The second-order valence-corrected chi connectivity index (χ2v) is 5.81. The minimum atomic E-state index is -0.303. The Kier molecular flexibility index (Phi) is 3.31. The Hall–Kier alpha value is -1.35. The van der Waals surface area contributed by atoms with Crippen molar-refractivity contribution in [1.29, 1.82) is 0 Å². The third kappa shape index (κ3) is 2.06. The lowest BCUT2D eigenvalue weighted by Gasteiger charge is -2.47. The molecule has 0 bridgehead atoms. The molecule has 0 atom stereocenters. The minimum Gasteiger partial charge on any atom is -0.394 e. The first-order chi connectivity index (χ1) is 9.27. The van der Waals surface area contributed by atoms with Crippen LogP contribution in [0.3, 0.4) is 0 Å². The van der Waals surface area contributed by atoms with Gasteiger partial charge in [-0.2, -0.15) is 0 Å². The fraction of sp³-hybridized carbons (Fsp3) is 0.562. The second-order valence-electron chi connectivity index (χ2n) is 5.81. The first kappa shape index (κ1) is 12.7. The SMILES string of the molecule is O=C1c2ccccc2CCN1C1(CO)CCCCC1. The summed E-state index contributed by atoms with van der Waals surface area (Å²) in [6.07, 6.45) is 6.25. The van der Waals surface area contributed by atoms with Crippen molar-refractivity contribution in [3.05, 3.63) is 35.4 Å². The van der Waals surface area contributed by atoms with Crippen molar-refractivity contribution < 1.29 is 9.90 Å². The van der Waals surface area contributed by atoms with Crippen LogP contribution >= 0.6 is 0 Å². The Balaban J connectivity index is 1.92. The molecule has 3 heteroatoms.